The van der Waals surface area contributed by atoms with Crippen molar-refractivity contribution in [3.8, 4) is 16.9 Å². The fraction of sp³-hybridized carbons (Fsp3) is 0.136. The number of anilines is 1. The van der Waals surface area contributed by atoms with Gasteiger partial charge in [0.25, 0.3) is 5.69 Å². The van der Waals surface area contributed by atoms with Crippen molar-refractivity contribution in [1.82, 2.24) is 14.8 Å². The Morgan fingerprint density at radius 1 is 1.19 bits per heavy atom. The number of nitrogens with zero attached hydrogens (tertiary/aromatic N) is 4. The molecule has 9 heteroatoms. The number of aryl methyl sites for hydroxylation is 1. The van der Waals surface area contributed by atoms with Crippen LogP contribution in [0.5, 0.6) is 5.75 Å². The van der Waals surface area contributed by atoms with Crippen molar-refractivity contribution in [3.05, 3.63) is 76.6 Å². The summed E-state index contributed by atoms with van der Waals surface area (Å²) in [5, 5.41) is 19.1. The van der Waals surface area contributed by atoms with Crippen LogP contribution in [0.15, 0.2) is 60.8 Å². The van der Waals surface area contributed by atoms with E-state index in [1.807, 2.05) is 43.3 Å². The van der Waals surface area contributed by atoms with Gasteiger partial charge in [0.2, 0.25) is 5.91 Å². The Bertz CT molecular complexity index is 1280. The minimum absolute atomic E-state index is 0.0737. The Labute approximate surface area is 177 Å². The SMILES string of the molecule is COc1cc([N+](=O)[O-])ccc1NC(=O)Cn1nc(C)c2c(-c3ccccc3)ccnc21. The third kappa shape index (κ3) is 3.93. The molecule has 1 amide bonds. The molecule has 4 rings (SSSR count). The Kier molecular flexibility index (Phi) is 5.31. The molecule has 0 saturated heterocycles. The van der Waals surface area contributed by atoms with Crippen LogP contribution in [-0.2, 0) is 11.3 Å². The molecule has 2 aromatic heterocycles. The maximum atomic E-state index is 12.7. The summed E-state index contributed by atoms with van der Waals surface area (Å²) in [6, 6.07) is 15.8. The maximum Gasteiger partial charge on any atom is 0.273 e. The number of nitrogens with one attached hydrogen (secondary N) is 1. The zero-order valence-electron chi connectivity index (χ0n) is 16.9. The van der Waals surface area contributed by atoms with Crippen LogP contribution in [0.25, 0.3) is 22.2 Å². The van der Waals surface area contributed by atoms with Crippen LogP contribution in [-0.4, -0.2) is 32.7 Å². The van der Waals surface area contributed by atoms with Gasteiger partial charge in [-0.15, -0.1) is 0 Å². The molecule has 0 aliphatic carbocycles. The minimum Gasteiger partial charge on any atom is -0.494 e. The molecule has 0 saturated carbocycles. The second kappa shape index (κ2) is 8.23. The van der Waals surface area contributed by atoms with E-state index in [0.717, 1.165) is 22.2 Å². The molecule has 0 unspecified atom stereocenters. The van der Waals surface area contributed by atoms with Crippen LogP contribution < -0.4 is 10.1 Å². The van der Waals surface area contributed by atoms with E-state index < -0.39 is 4.92 Å². The number of nitro benzene ring substituents is 1. The molecule has 31 heavy (non-hydrogen) atoms. The van der Waals surface area contributed by atoms with E-state index in [0.29, 0.717) is 11.3 Å². The van der Waals surface area contributed by atoms with Gasteiger partial charge in [-0.1, -0.05) is 30.3 Å². The van der Waals surface area contributed by atoms with E-state index in [9.17, 15) is 14.9 Å². The van der Waals surface area contributed by atoms with E-state index in [-0.39, 0.29) is 23.9 Å². The quantitative estimate of drug-likeness (QED) is 0.375. The summed E-state index contributed by atoms with van der Waals surface area (Å²) < 4.78 is 6.72. The molecule has 0 aliphatic rings. The first kappa shape index (κ1) is 20.0. The largest absolute Gasteiger partial charge is 0.494 e. The lowest BCUT2D eigenvalue weighted by Crippen LogP contribution is -2.20. The Morgan fingerprint density at radius 3 is 2.68 bits per heavy atom. The maximum absolute atomic E-state index is 12.7. The Balaban J connectivity index is 1.63. The predicted molar refractivity (Wildman–Crippen MR) is 116 cm³/mol. The number of amides is 1. The van der Waals surface area contributed by atoms with E-state index in [2.05, 4.69) is 15.4 Å². The van der Waals surface area contributed by atoms with Crippen molar-refractivity contribution in [2.24, 2.45) is 0 Å². The molecule has 1 N–H and O–H groups in total. The topological polar surface area (TPSA) is 112 Å². The molecule has 0 radical (unpaired) electrons. The molecular formula is C22H19N5O4. The third-order valence-electron chi connectivity index (χ3n) is 4.86. The van der Waals surface area contributed by atoms with E-state index in [4.69, 9.17) is 4.74 Å². The summed E-state index contributed by atoms with van der Waals surface area (Å²) in [6.07, 6.45) is 1.69. The molecule has 9 nitrogen and oxygen atoms in total. The lowest BCUT2D eigenvalue weighted by molar-refractivity contribution is -0.384. The van der Waals surface area contributed by atoms with Gasteiger partial charge in [-0.3, -0.25) is 14.9 Å². The van der Waals surface area contributed by atoms with Gasteiger partial charge in [-0.2, -0.15) is 5.10 Å². The standard InChI is InChI=1S/C22H19N5O4/c1-14-21-17(15-6-4-3-5-7-15)10-11-23-22(21)26(25-14)13-20(28)24-18-9-8-16(27(29)30)12-19(18)31-2/h3-12H,13H2,1-2H3,(H,24,28). The molecule has 4 aromatic rings. The number of hydrogen-bond acceptors (Lipinski definition) is 6. The van der Waals surface area contributed by atoms with Crippen LogP contribution in [0, 0.1) is 17.0 Å². The van der Waals surface area contributed by atoms with Gasteiger partial charge >= 0.3 is 0 Å². The van der Waals surface area contributed by atoms with Crippen molar-refractivity contribution in [3.63, 3.8) is 0 Å². The number of fused-ring (bicyclic) bond motifs is 1. The number of aromatic nitrogens is 3. The first-order valence-electron chi connectivity index (χ1n) is 9.47. The summed E-state index contributed by atoms with van der Waals surface area (Å²) in [7, 11) is 1.38. The number of non-ortho nitro benzene ring substituents is 1. The zero-order chi connectivity index (χ0) is 22.0. The van der Waals surface area contributed by atoms with E-state index in [1.54, 1.807) is 10.9 Å². The highest BCUT2D eigenvalue weighted by atomic mass is 16.6. The number of benzene rings is 2. The smallest absolute Gasteiger partial charge is 0.273 e. The lowest BCUT2D eigenvalue weighted by atomic mass is 10.0. The summed E-state index contributed by atoms with van der Waals surface area (Å²) >= 11 is 0. The summed E-state index contributed by atoms with van der Waals surface area (Å²) in [6.45, 7) is 1.81. The van der Waals surface area contributed by atoms with Gasteiger partial charge in [-0.05, 0) is 30.2 Å². The number of ether oxygens (including phenoxy) is 1. The fourth-order valence-electron chi connectivity index (χ4n) is 3.47. The van der Waals surface area contributed by atoms with E-state index >= 15 is 0 Å². The van der Waals surface area contributed by atoms with Gasteiger partial charge in [0.05, 0.1) is 29.5 Å². The number of pyridine rings is 1. The highest BCUT2D eigenvalue weighted by Gasteiger charge is 2.17. The van der Waals surface area contributed by atoms with Crippen LogP contribution in [0.3, 0.4) is 0 Å². The fourth-order valence-corrected chi connectivity index (χ4v) is 3.47. The van der Waals surface area contributed by atoms with Crippen molar-refractivity contribution in [2.45, 2.75) is 13.5 Å². The number of carbonyl (C=O) groups is 1. The van der Waals surface area contributed by atoms with Crippen molar-refractivity contribution >= 4 is 28.3 Å². The van der Waals surface area contributed by atoms with Crippen molar-refractivity contribution < 1.29 is 14.5 Å². The summed E-state index contributed by atoms with van der Waals surface area (Å²) in [5.74, 6) is -0.156. The first-order valence-corrected chi connectivity index (χ1v) is 9.47. The van der Waals surface area contributed by atoms with Crippen molar-refractivity contribution in [2.75, 3.05) is 12.4 Å². The molecule has 0 atom stereocenters. The molecule has 2 heterocycles. The van der Waals surface area contributed by atoms with E-state index in [1.165, 1.54) is 25.3 Å². The van der Waals surface area contributed by atoms with Gasteiger partial charge in [0.1, 0.15) is 12.3 Å². The van der Waals surface area contributed by atoms with Gasteiger partial charge in [0.15, 0.2) is 5.65 Å². The average Bonchev–Trinajstić information content (AvgIpc) is 3.09. The van der Waals surface area contributed by atoms with Crippen LogP contribution >= 0.6 is 0 Å². The molecule has 2 aromatic carbocycles. The van der Waals surface area contributed by atoms with Crippen LogP contribution in [0.1, 0.15) is 5.69 Å². The third-order valence-corrected chi connectivity index (χ3v) is 4.86. The Morgan fingerprint density at radius 2 is 1.97 bits per heavy atom. The zero-order valence-corrected chi connectivity index (χ0v) is 16.9. The number of nitro groups is 1. The summed E-state index contributed by atoms with van der Waals surface area (Å²) in [4.78, 5) is 27.5. The summed E-state index contributed by atoms with van der Waals surface area (Å²) in [5.41, 5.74) is 3.61. The first-order chi connectivity index (χ1) is 15.0. The lowest BCUT2D eigenvalue weighted by Gasteiger charge is -2.10. The predicted octanol–water partition coefficient (Wildman–Crippen LogP) is 3.96. The van der Waals surface area contributed by atoms with Gasteiger partial charge in [-0.25, -0.2) is 9.67 Å². The number of carbonyl (C=O) groups excluding carboxylic acids is 1. The molecule has 0 spiro atoms. The monoisotopic (exact) mass is 417 g/mol. The molecule has 0 fully saturated rings. The molecular weight excluding hydrogens is 398 g/mol. The molecule has 0 aliphatic heterocycles. The number of methoxy groups -OCH3 is 1. The second-order valence-electron chi connectivity index (χ2n) is 6.86. The average molecular weight is 417 g/mol. The number of rotatable bonds is 6. The highest BCUT2D eigenvalue weighted by molar-refractivity contribution is 5.96. The number of hydrogen-bond donors (Lipinski definition) is 1. The van der Waals surface area contributed by atoms with Gasteiger partial charge < -0.3 is 10.1 Å². The molecule has 0 bridgehead atoms. The second-order valence-corrected chi connectivity index (χ2v) is 6.86. The van der Waals surface area contributed by atoms with Crippen molar-refractivity contribution in [1.29, 1.82) is 0 Å². The van der Waals surface area contributed by atoms with Crippen LogP contribution in [0.4, 0.5) is 11.4 Å². The van der Waals surface area contributed by atoms with Gasteiger partial charge in [0, 0.05) is 17.6 Å². The van der Waals surface area contributed by atoms with Crippen LogP contribution in [0.2, 0.25) is 0 Å². The molecule has 156 valence electrons. The highest BCUT2D eigenvalue weighted by Crippen LogP contribution is 2.31. The Hall–Kier alpha value is -4.27. The normalized spacial score (nSPS) is 10.8. The minimum atomic E-state index is -0.525.